The molecule has 9 heteroatoms. The van der Waals surface area contributed by atoms with E-state index in [0.29, 0.717) is 16.6 Å². The first kappa shape index (κ1) is 23.7. The molecule has 0 aliphatic rings. The number of hydrogen-bond donors (Lipinski definition) is 2. The lowest BCUT2D eigenvalue weighted by atomic mass is 10.1. The third-order valence-electron chi connectivity index (χ3n) is 4.35. The number of pyridine rings is 1. The summed E-state index contributed by atoms with van der Waals surface area (Å²) in [5, 5.41) is 16.2. The second-order valence-electron chi connectivity index (χ2n) is 6.45. The van der Waals surface area contributed by atoms with Gasteiger partial charge in [-0.1, -0.05) is 35.3 Å². The third kappa shape index (κ3) is 6.45. The first-order valence-electron chi connectivity index (χ1n) is 9.37. The van der Waals surface area contributed by atoms with Crippen LogP contribution in [0.15, 0.2) is 47.6 Å². The second kappa shape index (κ2) is 11.6. The lowest BCUT2D eigenvalue weighted by Gasteiger charge is -2.18. The molecule has 1 atom stereocenters. The highest BCUT2D eigenvalue weighted by Gasteiger charge is 2.10. The van der Waals surface area contributed by atoms with Crippen molar-refractivity contribution in [1.29, 1.82) is 0 Å². The minimum atomic E-state index is 0. The quantitative estimate of drug-likeness (QED) is 0.191. The van der Waals surface area contributed by atoms with Gasteiger partial charge in [0.15, 0.2) is 11.6 Å². The fourth-order valence-electron chi connectivity index (χ4n) is 2.88. The Morgan fingerprint density at radius 2 is 2.00 bits per heavy atom. The van der Waals surface area contributed by atoms with Gasteiger partial charge in [-0.25, -0.2) is 0 Å². The van der Waals surface area contributed by atoms with Crippen LogP contribution in [0.2, 0.25) is 10.0 Å². The highest BCUT2D eigenvalue weighted by Crippen LogP contribution is 2.25. The van der Waals surface area contributed by atoms with Crippen molar-refractivity contribution in [3.63, 3.8) is 0 Å². The molecule has 0 saturated heterocycles. The summed E-state index contributed by atoms with van der Waals surface area (Å²) in [6.07, 6.45) is 3.68. The maximum atomic E-state index is 6.13. The molecule has 29 heavy (non-hydrogen) atoms. The molecule has 0 radical (unpaired) electrons. The number of hydrogen-bond acceptors (Lipinski definition) is 3. The van der Waals surface area contributed by atoms with Crippen LogP contribution in [0.5, 0.6) is 0 Å². The first-order chi connectivity index (χ1) is 13.6. The Labute approximate surface area is 198 Å². The summed E-state index contributed by atoms with van der Waals surface area (Å²) in [5.74, 6) is 1.72. The Morgan fingerprint density at radius 3 is 2.76 bits per heavy atom. The van der Waals surface area contributed by atoms with Gasteiger partial charge in [-0.2, -0.15) is 0 Å². The van der Waals surface area contributed by atoms with E-state index in [1.54, 1.807) is 0 Å². The summed E-state index contributed by atoms with van der Waals surface area (Å²) in [5.41, 5.74) is 1.92. The van der Waals surface area contributed by atoms with Crippen molar-refractivity contribution in [3.8, 4) is 0 Å². The Bertz CT molecular complexity index is 959. The Kier molecular flexibility index (Phi) is 9.45. The van der Waals surface area contributed by atoms with Crippen molar-refractivity contribution < 1.29 is 0 Å². The minimum absolute atomic E-state index is 0. The maximum Gasteiger partial charge on any atom is 0.191 e. The Morgan fingerprint density at radius 1 is 1.17 bits per heavy atom. The zero-order chi connectivity index (χ0) is 19.9. The molecule has 0 spiro atoms. The number of halogens is 3. The van der Waals surface area contributed by atoms with Crippen LogP contribution in [0, 0.1) is 0 Å². The van der Waals surface area contributed by atoms with E-state index < -0.39 is 0 Å². The lowest BCUT2D eigenvalue weighted by molar-refractivity contribution is 0.681. The van der Waals surface area contributed by atoms with Crippen molar-refractivity contribution in [3.05, 3.63) is 64.0 Å². The first-order valence-corrected chi connectivity index (χ1v) is 10.1. The van der Waals surface area contributed by atoms with Crippen molar-refractivity contribution in [1.82, 2.24) is 25.2 Å². The van der Waals surface area contributed by atoms with Gasteiger partial charge in [-0.15, -0.1) is 34.2 Å². The number of nitrogens with zero attached hydrogens (tertiary/aromatic N) is 4. The zero-order valence-corrected chi connectivity index (χ0v) is 20.2. The normalized spacial score (nSPS) is 12.5. The van der Waals surface area contributed by atoms with Crippen molar-refractivity contribution in [2.24, 2.45) is 4.99 Å². The highest BCUT2D eigenvalue weighted by atomic mass is 127. The van der Waals surface area contributed by atoms with E-state index in [1.165, 1.54) is 0 Å². The van der Waals surface area contributed by atoms with Gasteiger partial charge >= 0.3 is 0 Å². The highest BCUT2D eigenvalue weighted by molar-refractivity contribution is 14.0. The summed E-state index contributed by atoms with van der Waals surface area (Å²) < 4.78 is 2.01. The summed E-state index contributed by atoms with van der Waals surface area (Å²) in [7, 11) is 0. The number of rotatable bonds is 7. The topological polar surface area (TPSA) is 66.6 Å². The van der Waals surface area contributed by atoms with Crippen LogP contribution in [-0.4, -0.2) is 33.6 Å². The molecule has 0 bridgehead atoms. The fourth-order valence-corrected chi connectivity index (χ4v) is 3.19. The molecule has 6 nitrogen and oxygen atoms in total. The molecule has 2 N–H and O–H groups in total. The van der Waals surface area contributed by atoms with Gasteiger partial charge < -0.3 is 10.6 Å². The average molecular weight is 547 g/mol. The van der Waals surface area contributed by atoms with Crippen LogP contribution < -0.4 is 10.6 Å². The molecule has 0 amide bonds. The van der Waals surface area contributed by atoms with Crippen molar-refractivity contribution in [2.75, 3.05) is 13.1 Å². The minimum Gasteiger partial charge on any atom is -0.357 e. The van der Waals surface area contributed by atoms with E-state index in [1.807, 2.05) is 53.9 Å². The molecule has 0 saturated carbocycles. The molecular formula is C20H25Cl2IN6. The fraction of sp³-hybridized carbons (Fsp3) is 0.350. The molecule has 0 aliphatic carbocycles. The number of benzene rings is 1. The Hall–Kier alpha value is -1.58. The van der Waals surface area contributed by atoms with E-state index in [-0.39, 0.29) is 30.0 Å². The molecule has 2 heterocycles. The summed E-state index contributed by atoms with van der Waals surface area (Å²) in [4.78, 5) is 4.68. The predicted octanol–water partition coefficient (Wildman–Crippen LogP) is 4.90. The summed E-state index contributed by atoms with van der Waals surface area (Å²) in [6, 6.07) is 11.6. The van der Waals surface area contributed by atoms with Crippen LogP contribution in [-0.2, 0) is 6.42 Å². The van der Waals surface area contributed by atoms with Crippen LogP contribution in [0.3, 0.4) is 0 Å². The smallest absolute Gasteiger partial charge is 0.191 e. The number of aliphatic imine (C=N–C) groups is 1. The SMILES string of the molecule is CCNC(=NCCCc1nnc2ccccn12)NC(C)c1ccc(Cl)c(Cl)c1.I. The molecule has 1 unspecified atom stereocenters. The van der Waals surface area contributed by atoms with Gasteiger partial charge in [0.2, 0.25) is 0 Å². The van der Waals surface area contributed by atoms with Gasteiger partial charge in [-0.3, -0.25) is 9.39 Å². The summed E-state index contributed by atoms with van der Waals surface area (Å²) >= 11 is 12.1. The molecule has 156 valence electrons. The lowest BCUT2D eigenvalue weighted by Crippen LogP contribution is -2.38. The van der Waals surface area contributed by atoms with Crippen LogP contribution in [0.4, 0.5) is 0 Å². The zero-order valence-electron chi connectivity index (χ0n) is 16.4. The second-order valence-corrected chi connectivity index (χ2v) is 7.26. The standard InChI is InChI=1S/C20H24Cl2N6.HI/c1-3-23-20(25-14(2)15-9-10-16(21)17(22)13-15)24-11-6-8-19-27-26-18-7-4-5-12-28(18)19;/h4-5,7,9-10,12-14H,3,6,8,11H2,1-2H3,(H2,23,24,25);1H. The largest absolute Gasteiger partial charge is 0.357 e. The van der Waals surface area contributed by atoms with Crippen molar-refractivity contribution >= 4 is 58.8 Å². The third-order valence-corrected chi connectivity index (χ3v) is 5.09. The van der Waals surface area contributed by atoms with Gasteiger partial charge in [0.1, 0.15) is 5.82 Å². The van der Waals surface area contributed by atoms with E-state index >= 15 is 0 Å². The van der Waals surface area contributed by atoms with Crippen LogP contribution >= 0.6 is 47.2 Å². The van der Waals surface area contributed by atoms with Gasteiger partial charge in [-0.05, 0) is 50.1 Å². The van der Waals surface area contributed by atoms with E-state index in [0.717, 1.165) is 42.4 Å². The van der Waals surface area contributed by atoms with Gasteiger partial charge in [0.25, 0.3) is 0 Å². The molecule has 2 aromatic heterocycles. The number of aryl methyl sites for hydroxylation is 1. The predicted molar refractivity (Wildman–Crippen MR) is 131 cm³/mol. The molecule has 0 aliphatic heterocycles. The number of aromatic nitrogens is 3. The van der Waals surface area contributed by atoms with E-state index in [9.17, 15) is 0 Å². The number of nitrogens with one attached hydrogen (secondary N) is 2. The Balaban J connectivity index is 0.00000300. The molecular weight excluding hydrogens is 522 g/mol. The number of guanidine groups is 1. The van der Waals surface area contributed by atoms with Crippen molar-refractivity contribution in [2.45, 2.75) is 32.7 Å². The molecule has 3 aromatic rings. The van der Waals surface area contributed by atoms with Gasteiger partial charge in [0.05, 0.1) is 16.1 Å². The average Bonchev–Trinajstić information content (AvgIpc) is 3.10. The van der Waals surface area contributed by atoms with Gasteiger partial charge in [0, 0.05) is 25.7 Å². The van der Waals surface area contributed by atoms with Crippen LogP contribution in [0.25, 0.3) is 5.65 Å². The number of fused-ring (bicyclic) bond motifs is 1. The monoisotopic (exact) mass is 546 g/mol. The summed E-state index contributed by atoms with van der Waals surface area (Å²) in [6.45, 7) is 5.58. The maximum absolute atomic E-state index is 6.13. The molecule has 0 fully saturated rings. The molecule has 1 aromatic carbocycles. The van der Waals surface area contributed by atoms with E-state index in [2.05, 4.69) is 32.7 Å². The van der Waals surface area contributed by atoms with Crippen LogP contribution in [0.1, 0.15) is 37.7 Å². The van der Waals surface area contributed by atoms with E-state index in [4.69, 9.17) is 23.2 Å². The molecule has 3 rings (SSSR count).